The predicted octanol–water partition coefficient (Wildman–Crippen LogP) is 10.3. The number of nitrogens with one attached hydrogen (secondary N) is 3. The molecule has 4 aromatic rings. The zero-order valence-corrected chi connectivity index (χ0v) is 34.1. The van der Waals surface area contributed by atoms with Crippen molar-refractivity contribution in [1.29, 1.82) is 0 Å². The highest BCUT2D eigenvalue weighted by Crippen LogP contribution is 2.38. The van der Waals surface area contributed by atoms with Crippen LogP contribution in [0.3, 0.4) is 0 Å². The van der Waals surface area contributed by atoms with Crippen molar-refractivity contribution in [2.45, 2.75) is 59.0 Å². The molecule has 0 saturated heterocycles. The summed E-state index contributed by atoms with van der Waals surface area (Å²) in [6, 6.07) is 24.3. The van der Waals surface area contributed by atoms with Crippen molar-refractivity contribution < 1.29 is 27.8 Å². The normalized spacial score (nSPS) is 16.3. The first-order valence-electron chi connectivity index (χ1n) is 19.7. The van der Waals surface area contributed by atoms with Crippen LogP contribution in [0.25, 0.3) is 12.2 Å². The second-order valence-corrected chi connectivity index (χ2v) is 15.4. The van der Waals surface area contributed by atoms with Gasteiger partial charge in [0.1, 0.15) is 36.3 Å². The fourth-order valence-corrected chi connectivity index (χ4v) is 6.95. The Bertz CT molecular complexity index is 2050. The highest BCUT2D eigenvalue weighted by molar-refractivity contribution is 9.09. The van der Waals surface area contributed by atoms with Crippen molar-refractivity contribution in [3.63, 3.8) is 0 Å². The minimum atomic E-state index is -0.352. The summed E-state index contributed by atoms with van der Waals surface area (Å²) >= 11 is 3.38. The van der Waals surface area contributed by atoms with Crippen molar-refractivity contribution in [2.24, 2.45) is 11.8 Å². The Kier molecular flexibility index (Phi) is 16.3. The zero-order chi connectivity index (χ0) is 40.1. The lowest BCUT2D eigenvalue weighted by Crippen LogP contribution is -2.34. The van der Waals surface area contributed by atoms with Gasteiger partial charge in [-0.15, -0.1) is 0 Å². The molecule has 4 aromatic carbocycles. The monoisotopic (exact) mass is 856 g/mol. The number of alkyl halides is 1. The first kappa shape index (κ1) is 44.0. The molecule has 2 aliphatic heterocycles. The van der Waals surface area contributed by atoms with E-state index in [0.717, 1.165) is 65.5 Å². The molecule has 3 N–H and O–H groups in total. The highest BCUT2D eigenvalue weighted by atomic mass is 79.9. The van der Waals surface area contributed by atoms with E-state index in [1.165, 1.54) is 67.5 Å². The Hall–Kier alpha value is -5.16. The van der Waals surface area contributed by atoms with Crippen LogP contribution >= 0.6 is 15.9 Å². The van der Waals surface area contributed by atoms with Gasteiger partial charge >= 0.3 is 0 Å². The fourth-order valence-electron chi connectivity index (χ4n) is 6.30. The number of nitrogens with zero attached hydrogens (tertiary/aromatic N) is 1. The Morgan fingerprint density at radius 2 is 1.31 bits per heavy atom. The number of carbonyl (C=O) groups is 2. The predicted molar refractivity (Wildman–Crippen MR) is 235 cm³/mol. The molecule has 0 bridgehead atoms. The molecule has 11 heteroatoms. The highest BCUT2D eigenvalue weighted by Gasteiger charge is 2.28. The van der Waals surface area contributed by atoms with Gasteiger partial charge in [-0.3, -0.25) is 9.59 Å². The number of benzene rings is 4. The molecule has 308 valence electrons. The van der Waals surface area contributed by atoms with Crippen LogP contribution in [0.5, 0.6) is 11.5 Å². The molecule has 2 heterocycles. The van der Waals surface area contributed by atoms with Crippen LogP contribution in [0.2, 0.25) is 0 Å². The van der Waals surface area contributed by atoms with E-state index in [1.807, 2.05) is 44.2 Å². The Morgan fingerprint density at radius 3 is 1.84 bits per heavy atom. The number of carbonyl (C=O) groups excluding carboxylic acids is 2. The van der Waals surface area contributed by atoms with Crippen LogP contribution in [0.15, 0.2) is 97.1 Å². The quantitative estimate of drug-likeness (QED) is 0.103. The van der Waals surface area contributed by atoms with Gasteiger partial charge in [0, 0.05) is 41.7 Å². The average Bonchev–Trinajstić information content (AvgIpc) is 4.17. The number of anilines is 2. The number of amides is 2. The standard InChI is InChI=1S/C23H25FN2O2.C19H19FN2O2.C4H7Br.CH4/c1-16(25-23(27)11-9-18-4-2-3-5-20(18)24)19-8-10-22-21(14-19)26(12-13-28-22)15-17-6-7-17;1-13(15-6-8-18-17(12-15)21-10-11-24-18)22-19(23)9-7-14-4-2-3-5-16(14)20;5-3-4-1-2-4;/h2-5,8-11,14,16-17H,6-7,12-13,15H2,1H3,(H,25,27);2-9,12-13,21H,10-11H2,1H3,(H,22,23);4H,1-3H2;1H4/b11-9+;9-7+;;. The van der Waals surface area contributed by atoms with Gasteiger partial charge in [0.15, 0.2) is 0 Å². The third-order valence-corrected chi connectivity index (χ3v) is 11.0. The molecule has 2 saturated carbocycles. The van der Waals surface area contributed by atoms with E-state index in [4.69, 9.17) is 9.47 Å². The number of rotatable bonds is 11. The molecule has 0 aromatic heterocycles. The van der Waals surface area contributed by atoms with Crippen LogP contribution in [0.1, 0.15) is 81.3 Å². The molecule has 58 heavy (non-hydrogen) atoms. The lowest BCUT2D eigenvalue weighted by molar-refractivity contribution is -0.117. The molecule has 2 amide bonds. The summed E-state index contributed by atoms with van der Waals surface area (Å²) in [7, 11) is 0. The van der Waals surface area contributed by atoms with Gasteiger partial charge in [-0.2, -0.15) is 0 Å². The second-order valence-electron chi connectivity index (χ2n) is 14.8. The van der Waals surface area contributed by atoms with E-state index in [-0.39, 0.29) is 43.0 Å². The molecule has 8 nitrogen and oxygen atoms in total. The lowest BCUT2D eigenvalue weighted by Gasteiger charge is -2.32. The maximum absolute atomic E-state index is 13.7. The molecule has 0 spiro atoms. The summed E-state index contributed by atoms with van der Waals surface area (Å²) < 4.78 is 38.5. The largest absolute Gasteiger partial charge is 0.490 e. The molecule has 2 unspecified atom stereocenters. The van der Waals surface area contributed by atoms with Crippen molar-refractivity contribution in [3.8, 4) is 11.5 Å². The zero-order valence-electron chi connectivity index (χ0n) is 32.5. The van der Waals surface area contributed by atoms with Crippen LogP contribution < -0.4 is 30.3 Å². The summed E-state index contributed by atoms with van der Waals surface area (Å²) in [5, 5.41) is 10.3. The number of hydrogen-bond donors (Lipinski definition) is 3. The molecule has 4 aliphatic rings. The average molecular weight is 858 g/mol. The smallest absolute Gasteiger partial charge is 0.244 e. The summed E-state index contributed by atoms with van der Waals surface area (Å²) in [5.41, 5.74) is 4.82. The Balaban J connectivity index is 0.000000196. The molecule has 8 rings (SSSR count). The molecule has 2 atom stereocenters. The summed E-state index contributed by atoms with van der Waals surface area (Å²) in [6.45, 7) is 7.96. The maximum atomic E-state index is 13.7. The van der Waals surface area contributed by atoms with Crippen LogP contribution in [-0.4, -0.2) is 50.0 Å². The minimum Gasteiger partial charge on any atom is -0.490 e. The topological polar surface area (TPSA) is 91.9 Å². The van der Waals surface area contributed by atoms with Gasteiger partial charge in [-0.1, -0.05) is 71.9 Å². The molecule has 2 fully saturated rings. The molecule has 2 aliphatic carbocycles. The van der Waals surface area contributed by atoms with Crippen LogP contribution in [0.4, 0.5) is 20.2 Å². The summed E-state index contributed by atoms with van der Waals surface area (Å²) in [5.74, 6) is 2.37. The Morgan fingerprint density at radius 1 is 0.776 bits per heavy atom. The van der Waals surface area contributed by atoms with Gasteiger partial charge < -0.3 is 30.3 Å². The van der Waals surface area contributed by atoms with E-state index < -0.39 is 0 Å². The van der Waals surface area contributed by atoms with Crippen LogP contribution in [-0.2, 0) is 9.59 Å². The third-order valence-electron chi connectivity index (χ3n) is 10.1. The van der Waals surface area contributed by atoms with Gasteiger partial charge in [-0.05, 0) is 111 Å². The molecular formula is C47H55BrF2N4O4. The number of hydrogen-bond acceptors (Lipinski definition) is 6. The van der Waals surface area contributed by atoms with E-state index in [1.54, 1.807) is 36.4 Å². The number of fused-ring (bicyclic) bond motifs is 2. The number of ether oxygens (including phenoxy) is 2. The molecule has 0 radical (unpaired) electrons. The summed E-state index contributed by atoms with van der Waals surface area (Å²) in [4.78, 5) is 26.7. The van der Waals surface area contributed by atoms with Gasteiger partial charge in [0.25, 0.3) is 0 Å². The van der Waals surface area contributed by atoms with Gasteiger partial charge in [0.2, 0.25) is 11.8 Å². The van der Waals surface area contributed by atoms with E-state index in [0.29, 0.717) is 24.3 Å². The first-order valence-corrected chi connectivity index (χ1v) is 20.8. The first-order chi connectivity index (χ1) is 27.7. The summed E-state index contributed by atoms with van der Waals surface area (Å²) in [6.07, 6.45) is 11.2. The second kappa shape index (κ2) is 21.6. The van der Waals surface area contributed by atoms with Crippen molar-refractivity contribution in [3.05, 3.63) is 131 Å². The van der Waals surface area contributed by atoms with E-state index >= 15 is 0 Å². The van der Waals surface area contributed by atoms with Crippen molar-refractivity contribution in [1.82, 2.24) is 10.6 Å². The van der Waals surface area contributed by atoms with Gasteiger partial charge in [0.05, 0.1) is 30.0 Å². The van der Waals surface area contributed by atoms with Crippen molar-refractivity contribution >= 4 is 51.3 Å². The third kappa shape index (κ3) is 13.2. The molecular weight excluding hydrogens is 802 g/mol. The van der Waals surface area contributed by atoms with Crippen molar-refractivity contribution in [2.75, 3.05) is 48.4 Å². The van der Waals surface area contributed by atoms with E-state index in [9.17, 15) is 18.4 Å². The SMILES string of the molecule is BrCC1CC1.C.CC(NC(=O)/C=C/c1ccccc1F)c1ccc2c(c1)N(CC1CC1)CCO2.CC(NC(=O)/C=C/c1ccccc1F)c1ccc2c(c1)NCCO2. The maximum Gasteiger partial charge on any atom is 0.244 e. The minimum absolute atomic E-state index is 0. The Labute approximate surface area is 350 Å². The lowest BCUT2D eigenvalue weighted by atomic mass is 10.1. The van der Waals surface area contributed by atoms with Gasteiger partial charge in [-0.25, -0.2) is 8.78 Å². The van der Waals surface area contributed by atoms with E-state index in [2.05, 4.69) is 42.8 Å². The fraction of sp³-hybridized carbons (Fsp3) is 0.362. The number of halogens is 3. The van der Waals surface area contributed by atoms with Crippen LogP contribution in [0, 0.1) is 23.5 Å².